The fraction of sp³-hybridized carbons (Fsp3) is 0.520. The van der Waals surface area contributed by atoms with Crippen molar-refractivity contribution in [1.82, 2.24) is 29.6 Å². The molecule has 0 bridgehead atoms. The molecule has 9 nitrogen and oxygen atoms in total. The van der Waals surface area contributed by atoms with Crippen molar-refractivity contribution in [2.45, 2.75) is 38.8 Å². The standard InChI is InChI=1S/C25H33ClN8O/c1-17-15-33(12-11-31(17)4)24-28-13-19(26)22(29-24)32-10-8-18(16-32)23(35)30-25(2,3)20-14-27-21-7-5-6-9-34(20)21/h5-7,9,13-14,17-18H,8,10-12,15-16H2,1-4H3,(H,30,35)/t17?,18-/m1/s1. The number of imidazole rings is 1. The number of aromatic nitrogens is 4. The van der Waals surface area contributed by atoms with Crippen LogP contribution in [0.1, 0.15) is 32.9 Å². The summed E-state index contributed by atoms with van der Waals surface area (Å²) in [6.07, 6.45) is 6.23. The van der Waals surface area contributed by atoms with E-state index in [0.717, 1.165) is 43.9 Å². The predicted molar refractivity (Wildman–Crippen MR) is 138 cm³/mol. The summed E-state index contributed by atoms with van der Waals surface area (Å²) in [4.78, 5) is 33.8. The number of rotatable bonds is 5. The van der Waals surface area contributed by atoms with E-state index in [1.807, 2.05) is 48.8 Å². The zero-order valence-corrected chi connectivity index (χ0v) is 21.5. The highest BCUT2D eigenvalue weighted by Gasteiger charge is 2.35. The van der Waals surface area contributed by atoms with Crippen LogP contribution in [-0.4, -0.2) is 76.0 Å². The van der Waals surface area contributed by atoms with E-state index in [4.69, 9.17) is 16.6 Å². The molecule has 2 aliphatic heterocycles. The summed E-state index contributed by atoms with van der Waals surface area (Å²) in [5.74, 6) is 1.29. The third-order valence-electron chi connectivity index (χ3n) is 7.31. The summed E-state index contributed by atoms with van der Waals surface area (Å²) in [6.45, 7) is 10.3. The Hall–Kier alpha value is -2.91. The Balaban J connectivity index is 1.28. The largest absolute Gasteiger partial charge is 0.354 e. The number of anilines is 2. The number of amides is 1. The minimum absolute atomic E-state index is 0.0293. The van der Waals surface area contributed by atoms with Gasteiger partial charge in [-0.1, -0.05) is 17.7 Å². The third-order valence-corrected chi connectivity index (χ3v) is 7.57. The van der Waals surface area contributed by atoms with Crippen LogP contribution in [0.15, 0.2) is 36.8 Å². The average Bonchev–Trinajstić information content (AvgIpc) is 3.49. The number of halogens is 1. The zero-order valence-electron chi connectivity index (χ0n) is 20.8. The van der Waals surface area contributed by atoms with Gasteiger partial charge in [-0.05, 0) is 46.4 Å². The Bertz CT molecular complexity index is 1230. The molecule has 10 heteroatoms. The number of nitrogens with zero attached hydrogens (tertiary/aromatic N) is 7. The Morgan fingerprint density at radius 3 is 2.74 bits per heavy atom. The molecule has 2 fully saturated rings. The van der Waals surface area contributed by atoms with Crippen molar-refractivity contribution in [3.63, 3.8) is 0 Å². The van der Waals surface area contributed by atoms with Crippen LogP contribution in [0.3, 0.4) is 0 Å². The first-order valence-corrected chi connectivity index (χ1v) is 12.6. The van der Waals surface area contributed by atoms with Crippen molar-refractivity contribution < 1.29 is 4.79 Å². The highest BCUT2D eigenvalue weighted by molar-refractivity contribution is 6.32. The van der Waals surface area contributed by atoms with Gasteiger partial charge in [0, 0.05) is 45.0 Å². The van der Waals surface area contributed by atoms with E-state index in [2.05, 4.69) is 44.0 Å². The second-order valence-corrected chi connectivity index (χ2v) is 10.6. The molecule has 186 valence electrons. The fourth-order valence-electron chi connectivity index (χ4n) is 4.99. The van der Waals surface area contributed by atoms with E-state index in [1.54, 1.807) is 6.20 Å². The van der Waals surface area contributed by atoms with Crippen molar-refractivity contribution >= 4 is 34.9 Å². The second-order valence-electron chi connectivity index (χ2n) is 10.2. The van der Waals surface area contributed by atoms with Crippen molar-refractivity contribution in [3.8, 4) is 0 Å². The fourth-order valence-corrected chi connectivity index (χ4v) is 5.20. The summed E-state index contributed by atoms with van der Waals surface area (Å²) in [6, 6.07) is 6.31. The van der Waals surface area contributed by atoms with Crippen molar-refractivity contribution in [2.75, 3.05) is 49.6 Å². The number of piperazine rings is 1. The van der Waals surface area contributed by atoms with Gasteiger partial charge >= 0.3 is 0 Å². The van der Waals surface area contributed by atoms with Crippen molar-refractivity contribution in [3.05, 3.63) is 47.5 Å². The molecule has 2 saturated heterocycles. The Morgan fingerprint density at radius 2 is 1.94 bits per heavy atom. The topological polar surface area (TPSA) is 81.9 Å². The van der Waals surface area contributed by atoms with Gasteiger partial charge in [-0.2, -0.15) is 4.98 Å². The molecule has 3 aromatic rings. The zero-order chi connectivity index (χ0) is 24.7. The smallest absolute Gasteiger partial charge is 0.227 e. The molecule has 35 heavy (non-hydrogen) atoms. The summed E-state index contributed by atoms with van der Waals surface area (Å²) in [7, 11) is 2.14. The van der Waals surface area contributed by atoms with Gasteiger partial charge in [0.25, 0.3) is 0 Å². The van der Waals surface area contributed by atoms with Gasteiger partial charge in [0.15, 0.2) is 5.82 Å². The number of hydrogen-bond donors (Lipinski definition) is 1. The quantitative estimate of drug-likeness (QED) is 0.581. The van der Waals surface area contributed by atoms with Gasteiger partial charge in [-0.25, -0.2) is 9.97 Å². The summed E-state index contributed by atoms with van der Waals surface area (Å²) >= 11 is 6.52. The van der Waals surface area contributed by atoms with Crippen LogP contribution in [0.2, 0.25) is 5.02 Å². The van der Waals surface area contributed by atoms with Gasteiger partial charge < -0.3 is 24.4 Å². The normalized spacial score (nSPS) is 21.6. The van der Waals surface area contributed by atoms with Crippen LogP contribution in [-0.2, 0) is 10.3 Å². The molecule has 1 N–H and O–H groups in total. The molecule has 1 unspecified atom stereocenters. The molecule has 5 rings (SSSR count). The number of nitrogens with one attached hydrogen (secondary N) is 1. The van der Waals surface area contributed by atoms with Crippen LogP contribution in [0.25, 0.3) is 5.65 Å². The van der Waals surface area contributed by atoms with E-state index >= 15 is 0 Å². The van der Waals surface area contributed by atoms with Crippen LogP contribution < -0.4 is 15.1 Å². The predicted octanol–water partition coefficient (Wildman–Crippen LogP) is 2.80. The number of pyridine rings is 1. The molecule has 0 saturated carbocycles. The monoisotopic (exact) mass is 496 g/mol. The lowest BCUT2D eigenvalue weighted by atomic mass is 9.98. The number of hydrogen-bond acceptors (Lipinski definition) is 7. The molecule has 2 atom stereocenters. The molecule has 5 heterocycles. The Labute approximate surface area is 211 Å². The van der Waals surface area contributed by atoms with Gasteiger partial charge in [0.1, 0.15) is 10.7 Å². The molecule has 0 aromatic carbocycles. The van der Waals surface area contributed by atoms with E-state index in [0.29, 0.717) is 29.4 Å². The lowest BCUT2D eigenvalue weighted by Crippen LogP contribution is -2.50. The molecule has 1 amide bonds. The van der Waals surface area contributed by atoms with Crippen LogP contribution >= 0.6 is 11.6 Å². The van der Waals surface area contributed by atoms with Gasteiger partial charge in [0.2, 0.25) is 11.9 Å². The first-order chi connectivity index (χ1) is 16.7. The van der Waals surface area contributed by atoms with Gasteiger partial charge in [-0.15, -0.1) is 0 Å². The first kappa shape index (κ1) is 23.8. The van der Waals surface area contributed by atoms with E-state index in [-0.39, 0.29) is 11.8 Å². The molecule has 0 radical (unpaired) electrons. The lowest BCUT2D eigenvalue weighted by Gasteiger charge is -2.37. The molecule has 0 aliphatic carbocycles. The Morgan fingerprint density at radius 1 is 1.11 bits per heavy atom. The van der Waals surface area contributed by atoms with E-state index in [9.17, 15) is 4.79 Å². The summed E-state index contributed by atoms with van der Waals surface area (Å²) < 4.78 is 2.02. The maximum absolute atomic E-state index is 13.3. The van der Waals surface area contributed by atoms with Crippen LogP contribution in [0.4, 0.5) is 11.8 Å². The highest BCUT2D eigenvalue weighted by atomic mass is 35.5. The maximum atomic E-state index is 13.3. The number of fused-ring (bicyclic) bond motifs is 1. The molecule has 2 aliphatic rings. The first-order valence-electron chi connectivity index (χ1n) is 12.2. The summed E-state index contributed by atoms with van der Waals surface area (Å²) in [5.41, 5.74) is 1.24. The minimum atomic E-state index is -0.566. The molecule has 3 aromatic heterocycles. The third kappa shape index (κ3) is 4.67. The van der Waals surface area contributed by atoms with E-state index in [1.165, 1.54) is 0 Å². The van der Waals surface area contributed by atoms with Gasteiger partial charge in [0.05, 0.1) is 29.5 Å². The minimum Gasteiger partial charge on any atom is -0.354 e. The highest BCUT2D eigenvalue weighted by Crippen LogP contribution is 2.31. The SMILES string of the molecule is CC1CN(c2ncc(Cl)c(N3CC[C@@H](C(=O)NC(C)(C)c4cnc5ccccn45)C3)n2)CCN1C. The molecule has 0 spiro atoms. The number of likely N-dealkylation sites (N-methyl/N-ethyl adjacent to an activating group) is 1. The number of carbonyl (C=O) groups excluding carboxylic acids is 1. The molecular weight excluding hydrogens is 464 g/mol. The van der Waals surface area contributed by atoms with Crippen LogP contribution in [0, 0.1) is 5.92 Å². The van der Waals surface area contributed by atoms with Gasteiger partial charge in [-0.3, -0.25) is 4.79 Å². The lowest BCUT2D eigenvalue weighted by molar-refractivity contribution is -0.126. The van der Waals surface area contributed by atoms with E-state index < -0.39 is 5.54 Å². The maximum Gasteiger partial charge on any atom is 0.227 e. The van der Waals surface area contributed by atoms with Crippen LogP contribution in [0.5, 0.6) is 0 Å². The molecular formula is C25H33ClN8O. The van der Waals surface area contributed by atoms with Crippen molar-refractivity contribution in [2.24, 2.45) is 5.92 Å². The number of carbonyl (C=O) groups is 1. The van der Waals surface area contributed by atoms with Crippen molar-refractivity contribution in [1.29, 1.82) is 0 Å². The Kier molecular flexibility index (Phi) is 6.31. The second kappa shape index (κ2) is 9.28. The average molecular weight is 497 g/mol. The summed E-state index contributed by atoms with van der Waals surface area (Å²) in [5, 5.41) is 3.76.